The lowest BCUT2D eigenvalue weighted by Gasteiger charge is -2.16. The highest BCUT2D eigenvalue weighted by molar-refractivity contribution is 8.93. The van der Waals surface area contributed by atoms with Crippen LogP contribution in [0.25, 0.3) is 11.0 Å². The first-order chi connectivity index (χ1) is 7.84. The molecule has 0 unspecified atom stereocenters. The van der Waals surface area contributed by atoms with E-state index >= 15 is 0 Å². The van der Waals surface area contributed by atoms with E-state index in [4.69, 9.17) is 0 Å². The van der Waals surface area contributed by atoms with Crippen LogP contribution in [0.5, 0.6) is 0 Å². The highest BCUT2D eigenvalue weighted by Crippen LogP contribution is 2.22. The van der Waals surface area contributed by atoms with Crippen LogP contribution in [0.2, 0.25) is 0 Å². The number of hydrogen-bond acceptors (Lipinski definition) is 4. The zero-order valence-corrected chi connectivity index (χ0v) is 13.4. The molecule has 1 saturated heterocycles. The number of aromatic amines is 1. The molecule has 2 heterocycles. The fourth-order valence-corrected chi connectivity index (χ4v) is 2.07. The minimum atomic E-state index is 0. The number of aromatic nitrogens is 2. The lowest BCUT2D eigenvalue weighted by molar-refractivity contribution is 0.620. The number of rotatable bonds is 2. The molecule has 18 heavy (non-hydrogen) atoms. The number of hydrogen-bond donors (Lipinski definition) is 4. The normalized spacial score (nSPS) is 15.2. The third-order valence-electron chi connectivity index (χ3n) is 2.97. The maximum absolute atomic E-state index is 4.32. The monoisotopic (exact) mass is 377 g/mol. The van der Waals surface area contributed by atoms with E-state index in [1.54, 1.807) is 6.33 Å². The van der Waals surface area contributed by atoms with Gasteiger partial charge in [-0.2, -0.15) is 0 Å². The predicted octanol–water partition coefficient (Wildman–Crippen LogP) is 1.92. The first kappa shape index (κ1) is 15.4. The largest absolute Gasteiger partial charge is 0.357 e. The van der Waals surface area contributed by atoms with Gasteiger partial charge in [-0.05, 0) is 19.1 Å². The Balaban J connectivity index is 0.000000810. The Morgan fingerprint density at radius 1 is 1.22 bits per heavy atom. The second-order valence-corrected chi connectivity index (χ2v) is 4.02. The van der Waals surface area contributed by atoms with E-state index < -0.39 is 0 Å². The van der Waals surface area contributed by atoms with Crippen LogP contribution in [0.1, 0.15) is 5.56 Å². The smallest absolute Gasteiger partial charge is 0.132 e. The molecule has 0 aliphatic carbocycles. The molecular weight excluding hydrogens is 362 g/mol. The van der Waals surface area contributed by atoms with Crippen molar-refractivity contribution in [2.75, 3.05) is 18.4 Å². The molecule has 1 aromatic carbocycles. The third-order valence-corrected chi connectivity index (χ3v) is 2.97. The molecule has 0 saturated carbocycles. The SMILES string of the molecule is Br.Br.Cc1c(NC2NCCN2)ccc2[nH]cnc12. The van der Waals surface area contributed by atoms with Crippen molar-refractivity contribution in [3.8, 4) is 0 Å². The van der Waals surface area contributed by atoms with Crippen LogP contribution in [0.15, 0.2) is 18.5 Å². The summed E-state index contributed by atoms with van der Waals surface area (Å²) in [5, 5.41) is 10.1. The average Bonchev–Trinajstić information content (AvgIpc) is 2.93. The minimum Gasteiger partial charge on any atom is -0.357 e. The number of anilines is 1. The molecular formula is C11H17Br2N5. The van der Waals surface area contributed by atoms with Crippen LogP contribution in [-0.2, 0) is 0 Å². The lowest BCUT2D eigenvalue weighted by atomic mass is 10.1. The Bertz CT molecular complexity index is 507. The van der Waals surface area contributed by atoms with Gasteiger partial charge in [-0.3, -0.25) is 10.6 Å². The van der Waals surface area contributed by atoms with Gasteiger partial charge in [-0.1, -0.05) is 0 Å². The summed E-state index contributed by atoms with van der Waals surface area (Å²) in [5.41, 5.74) is 4.40. The van der Waals surface area contributed by atoms with Crippen LogP contribution in [0, 0.1) is 6.92 Å². The number of H-pyrrole nitrogens is 1. The van der Waals surface area contributed by atoms with Gasteiger partial charge < -0.3 is 10.3 Å². The van der Waals surface area contributed by atoms with Gasteiger partial charge in [-0.15, -0.1) is 34.0 Å². The van der Waals surface area contributed by atoms with E-state index in [1.165, 1.54) is 5.56 Å². The van der Waals surface area contributed by atoms with Crippen molar-refractivity contribution in [2.24, 2.45) is 0 Å². The summed E-state index contributed by atoms with van der Waals surface area (Å²) < 4.78 is 0. The number of fused-ring (bicyclic) bond motifs is 1. The standard InChI is InChI=1S/C11H15N5.2BrH/c1-7-8(16-11-12-4-5-13-11)2-3-9-10(7)15-6-14-9;;/h2-3,6,11-13,16H,4-5H2,1H3,(H,14,15);2*1H. The summed E-state index contributed by atoms with van der Waals surface area (Å²) in [6.45, 7) is 4.09. The van der Waals surface area contributed by atoms with Gasteiger partial charge in [0, 0.05) is 24.3 Å². The highest BCUT2D eigenvalue weighted by Gasteiger charge is 2.14. The second kappa shape index (κ2) is 6.51. The summed E-state index contributed by atoms with van der Waals surface area (Å²) in [6, 6.07) is 4.13. The molecule has 1 aromatic heterocycles. The highest BCUT2D eigenvalue weighted by atomic mass is 79.9. The Kier molecular flexibility index (Phi) is 5.58. The summed E-state index contributed by atoms with van der Waals surface area (Å²) in [6.07, 6.45) is 1.89. The molecule has 1 aliphatic heterocycles. The Labute approximate surface area is 127 Å². The molecule has 7 heteroatoms. The van der Waals surface area contributed by atoms with Crippen molar-refractivity contribution >= 4 is 50.7 Å². The topological polar surface area (TPSA) is 64.8 Å². The van der Waals surface area contributed by atoms with Crippen molar-refractivity contribution in [1.82, 2.24) is 20.6 Å². The van der Waals surface area contributed by atoms with Gasteiger partial charge in [0.25, 0.3) is 0 Å². The van der Waals surface area contributed by atoms with Gasteiger partial charge in [0.05, 0.1) is 17.4 Å². The average molecular weight is 379 g/mol. The van der Waals surface area contributed by atoms with E-state index in [0.29, 0.717) is 0 Å². The fraction of sp³-hybridized carbons (Fsp3) is 0.364. The summed E-state index contributed by atoms with van der Waals surface area (Å²) >= 11 is 0. The van der Waals surface area contributed by atoms with Crippen molar-refractivity contribution in [3.05, 3.63) is 24.0 Å². The Morgan fingerprint density at radius 2 is 1.94 bits per heavy atom. The predicted molar refractivity (Wildman–Crippen MR) is 84.9 cm³/mol. The van der Waals surface area contributed by atoms with Crippen LogP contribution in [0.4, 0.5) is 5.69 Å². The maximum Gasteiger partial charge on any atom is 0.132 e. The summed E-state index contributed by atoms with van der Waals surface area (Å²) in [5.74, 6) is 0. The Morgan fingerprint density at radius 3 is 2.67 bits per heavy atom. The van der Waals surface area contributed by atoms with Gasteiger partial charge in [0.15, 0.2) is 0 Å². The molecule has 4 N–H and O–H groups in total. The molecule has 2 aromatic rings. The van der Waals surface area contributed by atoms with E-state index in [2.05, 4.69) is 38.9 Å². The number of nitrogens with zero attached hydrogens (tertiary/aromatic N) is 1. The van der Waals surface area contributed by atoms with Crippen molar-refractivity contribution < 1.29 is 0 Å². The zero-order chi connectivity index (χ0) is 11.0. The summed E-state index contributed by atoms with van der Waals surface area (Å²) in [7, 11) is 0. The molecule has 0 atom stereocenters. The number of imidazole rings is 1. The quantitative estimate of drug-likeness (QED) is 0.644. The van der Waals surface area contributed by atoms with Crippen LogP contribution < -0.4 is 16.0 Å². The maximum atomic E-state index is 4.32. The van der Waals surface area contributed by atoms with Gasteiger partial charge in [-0.25, -0.2) is 4.98 Å². The van der Waals surface area contributed by atoms with E-state index in [-0.39, 0.29) is 40.3 Å². The molecule has 1 aliphatic rings. The van der Waals surface area contributed by atoms with E-state index in [0.717, 1.165) is 29.8 Å². The van der Waals surface area contributed by atoms with E-state index in [9.17, 15) is 0 Å². The molecule has 1 fully saturated rings. The molecule has 0 bridgehead atoms. The molecule has 5 nitrogen and oxygen atoms in total. The number of benzene rings is 1. The van der Waals surface area contributed by atoms with Gasteiger partial charge in [0.2, 0.25) is 0 Å². The first-order valence-corrected chi connectivity index (χ1v) is 5.50. The summed E-state index contributed by atoms with van der Waals surface area (Å²) in [4.78, 5) is 7.43. The van der Waals surface area contributed by atoms with Crippen LogP contribution in [-0.4, -0.2) is 29.3 Å². The Hall–Kier alpha value is -0.630. The van der Waals surface area contributed by atoms with Gasteiger partial charge >= 0.3 is 0 Å². The fourth-order valence-electron chi connectivity index (χ4n) is 2.07. The van der Waals surface area contributed by atoms with E-state index in [1.807, 2.05) is 6.07 Å². The van der Waals surface area contributed by atoms with Crippen molar-refractivity contribution in [1.29, 1.82) is 0 Å². The number of halogens is 2. The van der Waals surface area contributed by atoms with Crippen LogP contribution in [0.3, 0.4) is 0 Å². The minimum absolute atomic E-state index is 0. The molecule has 0 radical (unpaired) electrons. The zero-order valence-electron chi connectivity index (χ0n) is 9.99. The second-order valence-electron chi connectivity index (χ2n) is 4.02. The molecule has 3 rings (SSSR count). The van der Waals surface area contributed by atoms with Crippen LogP contribution >= 0.6 is 34.0 Å². The van der Waals surface area contributed by atoms with Crippen molar-refractivity contribution in [2.45, 2.75) is 13.2 Å². The first-order valence-electron chi connectivity index (χ1n) is 5.50. The molecule has 100 valence electrons. The number of nitrogens with one attached hydrogen (secondary N) is 4. The van der Waals surface area contributed by atoms with Crippen molar-refractivity contribution in [3.63, 3.8) is 0 Å². The molecule has 0 spiro atoms. The molecule has 0 amide bonds. The third kappa shape index (κ3) is 2.85. The number of aryl methyl sites for hydroxylation is 1. The van der Waals surface area contributed by atoms with Gasteiger partial charge in [0.1, 0.15) is 6.29 Å². The lowest BCUT2D eigenvalue weighted by Crippen LogP contribution is -2.38.